The van der Waals surface area contributed by atoms with E-state index in [2.05, 4.69) is 15.6 Å². The first-order chi connectivity index (χ1) is 13.5. The molecule has 3 rings (SSSR count). The molecule has 0 aliphatic carbocycles. The molecule has 1 saturated heterocycles. The molecule has 8 nitrogen and oxygen atoms in total. The number of piperazine rings is 1. The van der Waals surface area contributed by atoms with Crippen LogP contribution in [0.25, 0.3) is 0 Å². The molecule has 9 heteroatoms. The normalized spacial score (nSPS) is 13.9. The lowest BCUT2D eigenvalue weighted by Gasteiger charge is -2.33. The van der Waals surface area contributed by atoms with E-state index in [1.807, 2.05) is 30.3 Å². The van der Waals surface area contributed by atoms with Gasteiger partial charge in [-0.2, -0.15) is 0 Å². The van der Waals surface area contributed by atoms with Crippen LogP contribution < -0.4 is 10.6 Å². The van der Waals surface area contributed by atoms with Gasteiger partial charge in [-0.1, -0.05) is 30.3 Å². The summed E-state index contributed by atoms with van der Waals surface area (Å²) in [4.78, 5) is 43.5. The van der Waals surface area contributed by atoms with E-state index >= 15 is 0 Å². The molecule has 0 atom stereocenters. The van der Waals surface area contributed by atoms with Crippen molar-refractivity contribution in [3.8, 4) is 0 Å². The Morgan fingerprint density at radius 1 is 1.07 bits per heavy atom. The molecule has 1 aromatic carbocycles. The van der Waals surface area contributed by atoms with E-state index in [0.29, 0.717) is 43.5 Å². The molecule has 2 N–H and O–H groups in total. The maximum atomic E-state index is 12.3. The lowest BCUT2D eigenvalue weighted by molar-refractivity contribution is -0.130. The summed E-state index contributed by atoms with van der Waals surface area (Å²) in [6, 6.07) is 9.45. The highest BCUT2D eigenvalue weighted by atomic mass is 32.1. The lowest BCUT2D eigenvalue weighted by atomic mass is 10.2. The summed E-state index contributed by atoms with van der Waals surface area (Å²) >= 11 is 1.29. The number of anilines is 1. The van der Waals surface area contributed by atoms with Crippen molar-refractivity contribution in [2.24, 2.45) is 0 Å². The summed E-state index contributed by atoms with van der Waals surface area (Å²) in [5, 5.41) is 7.86. The van der Waals surface area contributed by atoms with Crippen molar-refractivity contribution in [1.82, 2.24) is 20.1 Å². The summed E-state index contributed by atoms with van der Waals surface area (Å²) < 4.78 is 0. The van der Waals surface area contributed by atoms with Crippen molar-refractivity contribution in [1.29, 1.82) is 0 Å². The standard InChI is InChI=1S/C19H23N5O3S/c1-14(25)23-7-9-24(10-8-23)19(27)22-18-21-16(13-28-18)11-17(26)20-12-15-5-3-2-4-6-15/h2-6,13H,7-12H2,1H3,(H,20,26)(H,21,22,27). The zero-order valence-electron chi connectivity index (χ0n) is 15.7. The average molecular weight is 401 g/mol. The number of benzene rings is 1. The van der Waals surface area contributed by atoms with Gasteiger partial charge < -0.3 is 15.1 Å². The number of amides is 4. The molecule has 0 spiro atoms. The number of hydrogen-bond donors (Lipinski definition) is 2. The first-order valence-electron chi connectivity index (χ1n) is 9.08. The van der Waals surface area contributed by atoms with E-state index in [1.165, 1.54) is 18.3 Å². The predicted octanol–water partition coefficient (Wildman–Crippen LogP) is 1.70. The second kappa shape index (κ2) is 9.32. The van der Waals surface area contributed by atoms with Gasteiger partial charge in [-0.25, -0.2) is 9.78 Å². The number of carbonyl (C=O) groups excluding carboxylic acids is 3. The third-order valence-corrected chi connectivity index (χ3v) is 5.26. The van der Waals surface area contributed by atoms with Crippen molar-refractivity contribution < 1.29 is 14.4 Å². The zero-order valence-corrected chi connectivity index (χ0v) is 16.5. The van der Waals surface area contributed by atoms with Crippen LogP contribution in [-0.4, -0.2) is 58.8 Å². The molecule has 1 aromatic heterocycles. The molecule has 0 saturated carbocycles. The molecule has 0 radical (unpaired) electrons. The van der Waals surface area contributed by atoms with E-state index in [-0.39, 0.29) is 24.3 Å². The van der Waals surface area contributed by atoms with Crippen molar-refractivity contribution in [3.05, 3.63) is 47.0 Å². The molecule has 4 amide bonds. The molecule has 0 bridgehead atoms. The summed E-state index contributed by atoms with van der Waals surface area (Å²) in [5.41, 5.74) is 1.65. The van der Waals surface area contributed by atoms with Crippen LogP contribution in [0.1, 0.15) is 18.2 Å². The van der Waals surface area contributed by atoms with Crippen molar-refractivity contribution in [3.63, 3.8) is 0 Å². The van der Waals surface area contributed by atoms with Gasteiger partial charge in [0, 0.05) is 45.0 Å². The highest BCUT2D eigenvalue weighted by Gasteiger charge is 2.23. The third kappa shape index (κ3) is 5.53. The molecular weight excluding hydrogens is 378 g/mol. The largest absolute Gasteiger partial charge is 0.352 e. The van der Waals surface area contributed by atoms with Crippen LogP contribution in [0.2, 0.25) is 0 Å². The molecule has 148 valence electrons. The Labute approximate surface area is 167 Å². The van der Waals surface area contributed by atoms with Crippen LogP contribution in [0, 0.1) is 0 Å². The lowest BCUT2D eigenvalue weighted by Crippen LogP contribution is -2.51. The molecule has 1 aliphatic rings. The number of thiazole rings is 1. The van der Waals surface area contributed by atoms with Crippen LogP contribution in [-0.2, 0) is 22.6 Å². The SMILES string of the molecule is CC(=O)N1CCN(C(=O)Nc2nc(CC(=O)NCc3ccccc3)cs2)CC1. The van der Waals surface area contributed by atoms with E-state index in [1.54, 1.807) is 15.2 Å². The van der Waals surface area contributed by atoms with Crippen LogP contribution in [0.3, 0.4) is 0 Å². The number of urea groups is 1. The predicted molar refractivity (Wildman–Crippen MR) is 107 cm³/mol. The van der Waals surface area contributed by atoms with Crippen molar-refractivity contribution in [2.45, 2.75) is 19.9 Å². The average Bonchev–Trinajstić information content (AvgIpc) is 3.14. The smallest absolute Gasteiger partial charge is 0.323 e. The molecule has 2 heterocycles. The number of hydrogen-bond acceptors (Lipinski definition) is 5. The van der Waals surface area contributed by atoms with Gasteiger partial charge in [-0.3, -0.25) is 14.9 Å². The highest BCUT2D eigenvalue weighted by molar-refractivity contribution is 7.13. The van der Waals surface area contributed by atoms with Crippen LogP contribution in [0.5, 0.6) is 0 Å². The molecule has 1 fully saturated rings. The Balaban J connectivity index is 1.44. The second-order valence-corrected chi connectivity index (χ2v) is 7.36. The summed E-state index contributed by atoms with van der Waals surface area (Å²) in [6.45, 7) is 4.06. The maximum Gasteiger partial charge on any atom is 0.323 e. The van der Waals surface area contributed by atoms with Gasteiger partial charge in [0.15, 0.2) is 5.13 Å². The molecule has 0 unspecified atom stereocenters. The molecule has 28 heavy (non-hydrogen) atoms. The van der Waals surface area contributed by atoms with Gasteiger partial charge in [0.2, 0.25) is 11.8 Å². The Hall–Kier alpha value is -2.94. The van der Waals surface area contributed by atoms with Gasteiger partial charge in [0.05, 0.1) is 12.1 Å². The summed E-state index contributed by atoms with van der Waals surface area (Å²) in [7, 11) is 0. The fraction of sp³-hybridized carbons (Fsp3) is 0.368. The number of rotatable bonds is 5. The van der Waals surface area contributed by atoms with Crippen LogP contribution >= 0.6 is 11.3 Å². The number of carbonyl (C=O) groups is 3. The monoisotopic (exact) mass is 401 g/mol. The van der Waals surface area contributed by atoms with Crippen molar-refractivity contribution in [2.75, 3.05) is 31.5 Å². The van der Waals surface area contributed by atoms with Gasteiger partial charge in [-0.15, -0.1) is 11.3 Å². The minimum atomic E-state index is -0.238. The zero-order chi connectivity index (χ0) is 19.9. The maximum absolute atomic E-state index is 12.3. The fourth-order valence-electron chi connectivity index (χ4n) is 2.86. The minimum Gasteiger partial charge on any atom is -0.352 e. The third-order valence-electron chi connectivity index (χ3n) is 4.45. The fourth-order valence-corrected chi connectivity index (χ4v) is 3.56. The molecular formula is C19H23N5O3S. The highest BCUT2D eigenvalue weighted by Crippen LogP contribution is 2.17. The Morgan fingerprint density at radius 3 is 2.43 bits per heavy atom. The Kier molecular flexibility index (Phi) is 6.59. The first-order valence-corrected chi connectivity index (χ1v) is 9.95. The minimum absolute atomic E-state index is 0.0233. The van der Waals surface area contributed by atoms with Crippen LogP contribution in [0.15, 0.2) is 35.7 Å². The second-order valence-electron chi connectivity index (χ2n) is 6.51. The van der Waals surface area contributed by atoms with Gasteiger partial charge in [-0.05, 0) is 5.56 Å². The summed E-state index contributed by atoms with van der Waals surface area (Å²) in [5.74, 6) is -0.0949. The Bertz CT molecular complexity index is 831. The van der Waals surface area contributed by atoms with Gasteiger partial charge in [0.25, 0.3) is 0 Å². The first kappa shape index (κ1) is 19.8. The quantitative estimate of drug-likeness (QED) is 0.797. The van der Waals surface area contributed by atoms with E-state index in [4.69, 9.17) is 0 Å². The Morgan fingerprint density at radius 2 is 1.75 bits per heavy atom. The molecule has 1 aliphatic heterocycles. The van der Waals surface area contributed by atoms with E-state index in [0.717, 1.165) is 5.56 Å². The topological polar surface area (TPSA) is 94.6 Å². The number of aromatic nitrogens is 1. The van der Waals surface area contributed by atoms with E-state index in [9.17, 15) is 14.4 Å². The number of nitrogens with zero attached hydrogens (tertiary/aromatic N) is 3. The number of nitrogens with one attached hydrogen (secondary N) is 2. The van der Waals surface area contributed by atoms with Crippen LogP contribution in [0.4, 0.5) is 9.93 Å². The van der Waals surface area contributed by atoms with Crippen molar-refractivity contribution >= 4 is 34.3 Å². The van der Waals surface area contributed by atoms with Gasteiger partial charge >= 0.3 is 6.03 Å². The van der Waals surface area contributed by atoms with Gasteiger partial charge in [0.1, 0.15) is 0 Å². The van der Waals surface area contributed by atoms with E-state index < -0.39 is 0 Å². The summed E-state index contributed by atoms with van der Waals surface area (Å²) in [6.07, 6.45) is 0.163. The molecule has 2 aromatic rings.